The Kier molecular flexibility index (Phi) is 5.99. The molecule has 0 aliphatic rings. The molecule has 0 bridgehead atoms. The molecule has 0 saturated carbocycles. The van der Waals surface area contributed by atoms with Gasteiger partial charge in [-0.1, -0.05) is 29.8 Å². The van der Waals surface area contributed by atoms with E-state index in [9.17, 15) is 13.2 Å². The van der Waals surface area contributed by atoms with Crippen molar-refractivity contribution in [2.24, 2.45) is 0 Å². The molecule has 0 aliphatic heterocycles. The summed E-state index contributed by atoms with van der Waals surface area (Å²) >= 11 is 0. The zero-order valence-corrected chi connectivity index (χ0v) is 18.6. The molecule has 3 aromatic rings. The van der Waals surface area contributed by atoms with Gasteiger partial charge in [0.15, 0.2) is 0 Å². The first-order chi connectivity index (χ1) is 14.1. The molecule has 0 atom stereocenters. The predicted octanol–water partition coefficient (Wildman–Crippen LogP) is 5.28. The molecule has 0 aliphatic carbocycles. The van der Waals surface area contributed by atoms with Crippen LogP contribution in [0.1, 0.15) is 38.2 Å². The maximum Gasteiger partial charge on any atom is 0.261 e. The van der Waals surface area contributed by atoms with Crippen LogP contribution in [-0.4, -0.2) is 14.3 Å². The Balaban J connectivity index is 1.88. The van der Waals surface area contributed by atoms with Gasteiger partial charge in [-0.2, -0.15) is 0 Å². The minimum atomic E-state index is -3.80. The lowest BCUT2D eigenvalue weighted by Gasteiger charge is -2.14. The van der Waals surface area contributed by atoms with Crippen LogP contribution in [0.25, 0.3) is 0 Å². The van der Waals surface area contributed by atoms with Crippen molar-refractivity contribution in [2.75, 3.05) is 10.0 Å². The van der Waals surface area contributed by atoms with Gasteiger partial charge in [0.05, 0.1) is 10.6 Å². The Labute approximate surface area is 178 Å². The molecule has 30 heavy (non-hydrogen) atoms. The summed E-state index contributed by atoms with van der Waals surface area (Å²) < 4.78 is 28.5. The van der Waals surface area contributed by atoms with Crippen LogP contribution in [0, 0.1) is 34.6 Å². The highest BCUT2D eigenvalue weighted by atomic mass is 32.2. The summed E-state index contributed by atoms with van der Waals surface area (Å²) in [6, 6.07) is 15.7. The quantitative estimate of drug-likeness (QED) is 0.587. The van der Waals surface area contributed by atoms with E-state index in [1.54, 1.807) is 18.2 Å². The first-order valence-corrected chi connectivity index (χ1v) is 11.1. The zero-order valence-electron chi connectivity index (χ0n) is 17.8. The lowest BCUT2D eigenvalue weighted by molar-refractivity contribution is 0.102. The van der Waals surface area contributed by atoms with Crippen molar-refractivity contribution in [1.29, 1.82) is 0 Å². The third kappa shape index (κ3) is 4.71. The van der Waals surface area contributed by atoms with Crippen LogP contribution in [0.3, 0.4) is 0 Å². The zero-order chi connectivity index (χ0) is 22.1. The predicted molar refractivity (Wildman–Crippen MR) is 122 cm³/mol. The van der Waals surface area contributed by atoms with E-state index in [-0.39, 0.29) is 10.8 Å². The second-order valence-electron chi connectivity index (χ2n) is 7.65. The van der Waals surface area contributed by atoms with Crippen molar-refractivity contribution in [2.45, 2.75) is 39.5 Å². The van der Waals surface area contributed by atoms with Crippen molar-refractivity contribution < 1.29 is 13.2 Å². The smallest absolute Gasteiger partial charge is 0.261 e. The van der Waals surface area contributed by atoms with Gasteiger partial charge in [0.1, 0.15) is 0 Å². The topological polar surface area (TPSA) is 75.3 Å². The Bertz CT molecular complexity index is 1230. The summed E-state index contributed by atoms with van der Waals surface area (Å²) in [5.41, 5.74) is 6.32. The number of nitrogens with one attached hydrogen (secondary N) is 2. The number of hydrogen-bond donors (Lipinski definition) is 2. The highest BCUT2D eigenvalue weighted by Crippen LogP contribution is 2.25. The number of carbonyl (C=O) groups excluding carboxylic acids is 1. The molecule has 3 aromatic carbocycles. The highest BCUT2D eigenvalue weighted by Gasteiger charge is 2.18. The summed E-state index contributed by atoms with van der Waals surface area (Å²) in [5.74, 6) is -0.280. The molecular weight excluding hydrogens is 396 g/mol. The number of aryl methyl sites for hydroxylation is 5. The lowest BCUT2D eigenvalue weighted by atomic mass is 10.1. The maximum atomic E-state index is 12.9. The Morgan fingerprint density at radius 1 is 0.700 bits per heavy atom. The fourth-order valence-electron chi connectivity index (χ4n) is 3.11. The van der Waals surface area contributed by atoms with E-state index < -0.39 is 10.0 Å². The van der Waals surface area contributed by atoms with Crippen molar-refractivity contribution in [3.8, 4) is 0 Å². The summed E-state index contributed by atoms with van der Waals surface area (Å²) in [5, 5.41) is 2.84. The molecule has 0 spiro atoms. The first kappa shape index (κ1) is 21.6. The van der Waals surface area contributed by atoms with Crippen LogP contribution in [0.4, 0.5) is 11.4 Å². The Morgan fingerprint density at radius 2 is 1.40 bits per heavy atom. The third-order valence-corrected chi connectivity index (χ3v) is 6.53. The number of anilines is 2. The van der Waals surface area contributed by atoms with Gasteiger partial charge in [-0.25, -0.2) is 8.42 Å². The number of carbonyl (C=O) groups is 1. The highest BCUT2D eigenvalue weighted by molar-refractivity contribution is 7.92. The Morgan fingerprint density at radius 3 is 2.07 bits per heavy atom. The number of sulfonamides is 1. The number of rotatable bonds is 5. The standard InChI is InChI=1S/C24H26N2O3S/c1-15-6-11-22(19(5)12-15)26-30(28,29)21-10-8-17(3)23(14-21)25-24(27)20-9-7-16(2)18(4)13-20/h6-14,26H,1-5H3,(H,25,27). The van der Waals surface area contributed by atoms with E-state index >= 15 is 0 Å². The molecule has 0 unspecified atom stereocenters. The second-order valence-corrected chi connectivity index (χ2v) is 9.34. The van der Waals surface area contributed by atoms with Gasteiger partial charge in [0, 0.05) is 11.3 Å². The van der Waals surface area contributed by atoms with Gasteiger partial charge in [-0.15, -0.1) is 0 Å². The second kappa shape index (κ2) is 8.32. The van der Waals surface area contributed by atoms with Crippen LogP contribution in [-0.2, 0) is 10.0 Å². The fraction of sp³-hybridized carbons (Fsp3) is 0.208. The molecule has 6 heteroatoms. The monoisotopic (exact) mass is 422 g/mol. The van der Waals surface area contributed by atoms with Crippen LogP contribution in [0.2, 0.25) is 0 Å². The molecule has 1 amide bonds. The average molecular weight is 423 g/mol. The van der Waals surface area contributed by atoms with Crippen LogP contribution in [0.15, 0.2) is 59.5 Å². The minimum absolute atomic E-state index is 0.0865. The summed E-state index contributed by atoms with van der Waals surface area (Å²) in [7, 11) is -3.80. The molecule has 0 radical (unpaired) electrons. The van der Waals surface area contributed by atoms with E-state index in [0.717, 1.165) is 27.8 Å². The summed E-state index contributed by atoms with van der Waals surface area (Å²) in [6.45, 7) is 9.57. The largest absolute Gasteiger partial charge is 0.322 e. The maximum absolute atomic E-state index is 12.9. The SMILES string of the molecule is Cc1ccc(NS(=O)(=O)c2ccc(C)c(NC(=O)c3ccc(C)c(C)c3)c2)c(C)c1. The van der Waals surface area contributed by atoms with Gasteiger partial charge >= 0.3 is 0 Å². The summed E-state index contributed by atoms with van der Waals surface area (Å²) in [6.07, 6.45) is 0. The van der Waals surface area contributed by atoms with Gasteiger partial charge in [0.2, 0.25) is 0 Å². The lowest BCUT2D eigenvalue weighted by Crippen LogP contribution is -2.16. The van der Waals surface area contributed by atoms with Gasteiger partial charge in [-0.3, -0.25) is 9.52 Å². The molecule has 0 saturated heterocycles. The van der Waals surface area contributed by atoms with Crippen molar-refractivity contribution in [3.05, 3.63) is 88.0 Å². The fourth-order valence-corrected chi connectivity index (χ4v) is 4.27. The van der Waals surface area contributed by atoms with Gasteiger partial charge < -0.3 is 5.32 Å². The normalized spacial score (nSPS) is 11.2. The molecule has 5 nitrogen and oxygen atoms in total. The third-order valence-electron chi connectivity index (χ3n) is 5.16. The first-order valence-electron chi connectivity index (χ1n) is 9.66. The number of amides is 1. The molecule has 0 heterocycles. The molecule has 0 fully saturated rings. The van der Waals surface area contributed by atoms with Crippen molar-refractivity contribution in [1.82, 2.24) is 0 Å². The van der Waals surface area contributed by atoms with Crippen LogP contribution in [0.5, 0.6) is 0 Å². The summed E-state index contributed by atoms with van der Waals surface area (Å²) in [4.78, 5) is 12.8. The van der Waals surface area contributed by atoms with Crippen LogP contribution < -0.4 is 10.0 Å². The van der Waals surface area contributed by atoms with E-state index in [4.69, 9.17) is 0 Å². The minimum Gasteiger partial charge on any atom is -0.322 e. The van der Waals surface area contributed by atoms with E-state index in [2.05, 4.69) is 10.0 Å². The molecule has 3 rings (SSSR count). The molecule has 2 N–H and O–H groups in total. The van der Waals surface area contributed by atoms with Crippen molar-refractivity contribution >= 4 is 27.3 Å². The molecule has 156 valence electrons. The van der Waals surface area contributed by atoms with Crippen molar-refractivity contribution in [3.63, 3.8) is 0 Å². The van der Waals surface area contributed by atoms with E-state index in [1.165, 1.54) is 12.1 Å². The average Bonchev–Trinajstić information content (AvgIpc) is 2.67. The van der Waals surface area contributed by atoms with Gasteiger partial charge in [0.25, 0.3) is 15.9 Å². The van der Waals surface area contributed by atoms with Crippen LogP contribution >= 0.6 is 0 Å². The molecule has 0 aromatic heterocycles. The van der Waals surface area contributed by atoms with E-state index in [0.29, 0.717) is 16.9 Å². The van der Waals surface area contributed by atoms with Gasteiger partial charge in [-0.05, 0) is 87.2 Å². The number of hydrogen-bond acceptors (Lipinski definition) is 3. The van der Waals surface area contributed by atoms with E-state index in [1.807, 2.05) is 58.9 Å². The molecular formula is C24H26N2O3S. The Hall–Kier alpha value is -3.12. The number of benzene rings is 3.